The lowest BCUT2D eigenvalue weighted by molar-refractivity contribution is -0.154. The third-order valence-corrected chi connectivity index (χ3v) is 2.31. The van der Waals surface area contributed by atoms with Crippen LogP contribution in [0.15, 0.2) is 0 Å². The second-order valence-corrected chi connectivity index (χ2v) is 3.65. The zero-order chi connectivity index (χ0) is 11.1. The summed E-state index contributed by atoms with van der Waals surface area (Å²) in [6.07, 6.45) is 0.647. The van der Waals surface area contributed by atoms with Crippen molar-refractivity contribution >= 4 is 5.97 Å². The van der Waals surface area contributed by atoms with E-state index in [1.165, 1.54) is 0 Å². The molecule has 5 heteroatoms. The summed E-state index contributed by atoms with van der Waals surface area (Å²) in [6, 6.07) is 0. The second-order valence-electron chi connectivity index (χ2n) is 3.65. The van der Waals surface area contributed by atoms with E-state index in [1.807, 2.05) is 6.92 Å². The Morgan fingerprint density at radius 1 is 1.73 bits per heavy atom. The number of carbonyl (C=O) groups is 1. The average molecular weight is 217 g/mol. The van der Waals surface area contributed by atoms with Gasteiger partial charge in [-0.15, -0.1) is 0 Å². The third kappa shape index (κ3) is 4.59. The summed E-state index contributed by atoms with van der Waals surface area (Å²) in [5.74, 6) is -0.888. The first-order valence-electron chi connectivity index (χ1n) is 5.40. The van der Waals surface area contributed by atoms with Crippen molar-refractivity contribution in [3.05, 3.63) is 0 Å². The van der Waals surface area contributed by atoms with Gasteiger partial charge in [-0.3, -0.25) is 0 Å². The highest BCUT2D eigenvalue weighted by molar-refractivity contribution is 5.72. The molecule has 0 radical (unpaired) electrons. The lowest BCUT2D eigenvalue weighted by atomic mass is 10.2. The molecule has 15 heavy (non-hydrogen) atoms. The highest BCUT2D eigenvalue weighted by atomic mass is 16.5. The van der Waals surface area contributed by atoms with Crippen LogP contribution in [0.3, 0.4) is 0 Å². The van der Waals surface area contributed by atoms with Crippen LogP contribution < -0.4 is 5.32 Å². The van der Waals surface area contributed by atoms with Gasteiger partial charge < -0.3 is 19.9 Å². The molecule has 1 aliphatic heterocycles. The van der Waals surface area contributed by atoms with Crippen molar-refractivity contribution < 1.29 is 19.4 Å². The molecule has 5 nitrogen and oxygen atoms in total. The summed E-state index contributed by atoms with van der Waals surface area (Å²) in [6.45, 7) is 4.55. The van der Waals surface area contributed by atoms with Gasteiger partial charge in [0.25, 0.3) is 0 Å². The number of morpholine rings is 1. The first-order chi connectivity index (χ1) is 7.24. The highest BCUT2D eigenvalue weighted by Crippen LogP contribution is 2.05. The molecule has 0 saturated carbocycles. The molecule has 0 spiro atoms. The van der Waals surface area contributed by atoms with Crippen LogP contribution in [0.25, 0.3) is 0 Å². The predicted octanol–water partition coefficient (Wildman–Crippen LogP) is 0.245. The minimum atomic E-state index is -0.888. The third-order valence-electron chi connectivity index (χ3n) is 2.31. The van der Waals surface area contributed by atoms with Crippen LogP contribution >= 0.6 is 0 Å². The van der Waals surface area contributed by atoms with E-state index in [0.29, 0.717) is 19.6 Å². The van der Waals surface area contributed by atoms with Crippen molar-refractivity contribution in [2.24, 2.45) is 0 Å². The summed E-state index contributed by atoms with van der Waals surface area (Å²) in [4.78, 5) is 10.8. The average Bonchev–Trinajstić information content (AvgIpc) is 2.25. The quantitative estimate of drug-likeness (QED) is 0.667. The minimum Gasteiger partial charge on any atom is -0.479 e. The Hall–Kier alpha value is -0.650. The zero-order valence-corrected chi connectivity index (χ0v) is 9.07. The van der Waals surface area contributed by atoms with Crippen LogP contribution in [0.4, 0.5) is 0 Å². The molecule has 2 N–H and O–H groups in total. The van der Waals surface area contributed by atoms with Gasteiger partial charge in [-0.1, -0.05) is 13.3 Å². The van der Waals surface area contributed by atoms with Crippen molar-refractivity contribution in [2.45, 2.75) is 32.0 Å². The molecular weight excluding hydrogens is 198 g/mol. The zero-order valence-electron chi connectivity index (χ0n) is 9.07. The largest absolute Gasteiger partial charge is 0.479 e. The van der Waals surface area contributed by atoms with E-state index in [4.69, 9.17) is 14.6 Å². The van der Waals surface area contributed by atoms with E-state index in [2.05, 4.69) is 5.32 Å². The van der Waals surface area contributed by atoms with Crippen LogP contribution in [0.1, 0.15) is 19.8 Å². The van der Waals surface area contributed by atoms with Gasteiger partial charge in [0.15, 0.2) is 6.10 Å². The molecule has 2 unspecified atom stereocenters. The molecule has 0 aromatic heterocycles. The van der Waals surface area contributed by atoms with E-state index in [1.54, 1.807) is 0 Å². The number of carboxylic acid groups (broad SMARTS) is 1. The molecule has 0 aliphatic carbocycles. The Morgan fingerprint density at radius 3 is 3.07 bits per heavy atom. The van der Waals surface area contributed by atoms with Crippen molar-refractivity contribution in [3.63, 3.8) is 0 Å². The van der Waals surface area contributed by atoms with Crippen molar-refractivity contribution in [2.75, 3.05) is 26.3 Å². The van der Waals surface area contributed by atoms with E-state index >= 15 is 0 Å². The van der Waals surface area contributed by atoms with Crippen LogP contribution in [-0.4, -0.2) is 49.6 Å². The number of nitrogens with one attached hydrogen (secondary N) is 1. The number of carboxylic acids is 1. The summed E-state index contributed by atoms with van der Waals surface area (Å²) < 4.78 is 10.7. The fraction of sp³-hybridized carbons (Fsp3) is 0.900. The molecule has 2 atom stereocenters. The van der Waals surface area contributed by atoms with Gasteiger partial charge in [0, 0.05) is 13.1 Å². The predicted molar refractivity (Wildman–Crippen MR) is 54.9 cm³/mol. The smallest absolute Gasteiger partial charge is 0.332 e. The summed E-state index contributed by atoms with van der Waals surface area (Å²) in [5, 5.41) is 12.0. The Kier molecular flexibility index (Phi) is 5.60. The molecular formula is C10H19NO4. The molecule has 0 aromatic carbocycles. The molecule has 0 amide bonds. The van der Waals surface area contributed by atoms with Crippen LogP contribution in [0.2, 0.25) is 0 Å². The topological polar surface area (TPSA) is 67.8 Å². The minimum absolute atomic E-state index is 0.0162. The Morgan fingerprint density at radius 2 is 2.53 bits per heavy atom. The number of hydrogen-bond donors (Lipinski definition) is 2. The lowest BCUT2D eigenvalue weighted by Gasteiger charge is -2.24. The monoisotopic (exact) mass is 217 g/mol. The maximum absolute atomic E-state index is 10.8. The van der Waals surface area contributed by atoms with Gasteiger partial charge in [-0.25, -0.2) is 4.79 Å². The van der Waals surface area contributed by atoms with Crippen molar-refractivity contribution in [1.29, 1.82) is 0 Å². The summed E-state index contributed by atoms with van der Waals surface area (Å²) in [5.41, 5.74) is 0. The van der Waals surface area contributed by atoms with Gasteiger partial charge in [0.05, 0.1) is 19.3 Å². The highest BCUT2D eigenvalue weighted by Gasteiger charge is 2.20. The van der Waals surface area contributed by atoms with E-state index < -0.39 is 12.1 Å². The maximum atomic E-state index is 10.8. The number of aliphatic carboxylic acids is 1. The van der Waals surface area contributed by atoms with Crippen LogP contribution in [0, 0.1) is 0 Å². The molecule has 1 fully saturated rings. The van der Waals surface area contributed by atoms with Crippen molar-refractivity contribution in [3.8, 4) is 0 Å². The summed E-state index contributed by atoms with van der Waals surface area (Å²) in [7, 11) is 0. The van der Waals surface area contributed by atoms with E-state index in [9.17, 15) is 4.79 Å². The van der Waals surface area contributed by atoms with E-state index in [0.717, 1.165) is 19.5 Å². The molecule has 1 heterocycles. The molecule has 1 saturated heterocycles. The first-order valence-corrected chi connectivity index (χ1v) is 5.40. The van der Waals surface area contributed by atoms with Gasteiger partial charge in [0.2, 0.25) is 0 Å². The standard InChI is InChI=1S/C10H19NO4/c1-2-3-9(10(12)13)15-7-8-6-11-4-5-14-8/h8-9,11H,2-7H2,1H3,(H,12,13). The fourth-order valence-electron chi connectivity index (χ4n) is 1.49. The number of hydrogen-bond acceptors (Lipinski definition) is 4. The van der Waals surface area contributed by atoms with Gasteiger partial charge in [-0.05, 0) is 6.42 Å². The first kappa shape index (κ1) is 12.4. The van der Waals surface area contributed by atoms with Crippen LogP contribution in [0.5, 0.6) is 0 Å². The fourth-order valence-corrected chi connectivity index (χ4v) is 1.49. The Bertz CT molecular complexity index is 192. The second kappa shape index (κ2) is 6.76. The van der Waals surface area contributed by atoms with Crippen molar-refractivity contribution in [1.82, 2.24) is 5.32 Å². The molecule has 0 aromatic rings. The molecule has 88 valence electrons. The summed E-state index contributed by atoms with van der Waals surface area (Å²) >= 11 is 0. The van der Waals surface area contributed by atoms with Gasteiger partial charge in [-0.2, -0.15) is 0 Å². The van der Waals surface area contributed by atoms with E-state index in [-0.39, 0.29) is 6.10 Å². The number of ether oxygens (including phenoxy) is 2. The maximum Gasteiger partial charge on any atom is 0.332 e. The van der Waals surface area contributed by atoms with Gasteiger partial charge in [0.1, 0.15) is 0 Å². The molecule has 0 bridgehead atoms. The van der Waals surface area contributed by atoms with Gasteiger partial charge >= 0.3 is 5.97 Å². The molecule has 1 aliphatic rings. The number of rotatable bonds is 6. The Balaban J connectivity index is 2.22. The molecule has 1 rings (SSSR count). The SMILES string of the molecule is CCCC(OCC1CNCCO1)C(=O)O. The normalized spacial score (nSPS) is 23.7. The lowest BCUT2D eigenvalue weighted by Crippen LogP contribution is -2.42. The van der Waals surface area contributed by atoms with Crippen LogP contribution in [-0.2, 0) is 14.3 Å². The Labute approximate surface area is 89.8 Å².